The van der Waals surface area contributed by atoms with Crippen molar-refractivity contribution in [3.8, 4) is 0 Å². The van der Waals surface area contributed by atoms with E-state index in [1.54, 1.807) is 0 Å². The van der Waals surface area contributed by atoms with Crippen LogP contribution in [0, 0.1) is 11.8 Å². The largest absolute Gasteiger partial charge is 0.284 e. The fraction of sp³-hybridized carbons (Fsp3) is 1.00. The average Bonchev–Trinajstić information content (AvgIpc) is 3.07. The zero-order valence-electron chi connectivity index (χ0n) is 19.3. The van der Waals surface area contributed by atoms with Crippen LogP contribution in [-0.4, -0.2) is 41.1 Å². The fourth-order valence-corrected chi connectivity index (χ4v) is 5.02. The molecule has 0 aromatic heterocycles. The van der Waals surface area contributed by atoms with E-state index in [9.17, 15) is 0 Å². The molecular weight excluding hydrogens is 316 g/mol. The van der Waals surface area contributed by atoms with Gasteiger partial charge in [-0.3, -0.25) is 9.80 Å². The minimum Gasteiger partial charge on any atom is -0.284 e. The molecule has 2 heteroatoms. The molecule has 2 nitrogen and oxygen atoms in total. The van der Waals surface area contributed by atoms with Gasteiger partial charge < -0.3 is 0 Å². The van der Waals surface area contributed by atoms with E-state index in [1.807, 2.05) is 0 Å². The maximum atomic E-state index is 2.85. The van der Waals surface area contributed by atoms with Crippen LogP contribution in [0.5, 0.6) is 0 Å². The van der Waals surface area contributed by atoms with Gasteiger partial charge in [0, 0.05) is 25.2 Å². The van der Waals surface area contributed by atoms with Crippen LogP contribution < -0.4 is 0 Å². The predicted molar refractivity (Wildman–Crippen MR) is 118 cm³/mol. The fourth-order valence-electron chi connectivity index (χ4n) is 5.02. The van der Waals surface area contributed by atoms with Crippen molar-refractivity contribution >= 4 is 0 Å². The molecule has 26 heavy (non-hydrogen) atoms. The first-order valence-electron chi connectivity index (χ1n) is 12.0. The van der Waals surface area contributed by atoms with E-state index in [1.165, 1.54) is 77.3 Å². The van der Waals surface area contributed by atoms with E-state index < -0.39 is 0 Å². The number of rotatable bonds is 14. The molecule has 0 saturated carbocycles. The summed E-state index contributed by atoms with van der Waals surface area (Å²) < 4.78 is 0. The van der Waals surface area contributed by atoms with Crippen LogP contribution in [0.15, 0.2) is 0 Å². The summed E-state index contributed by atoms with van der Waals surface area (Å²) in [7, 11) is 0. The van der Waals surface area contributed by atoms with Crippen molar-refractivity contribution in [3.63, 3.8) is 0 Å². The molecule has 0 bridgehead atoms. The van der Waals surface area contributed by atoms with Gasteiger partial charge >= 0.3 is 0 Å². The number of hydrogen-bond donors (Lipinski definition) is 0. The highest BCUT2D eigenvalue weighted by Crippen LogP contribution is 2.29. The SMILES string of the molecule is CCCC1N(C(C)CCC(CC)CC)CCN1C(C)CCC(CC)CC. The first-order chi connectivity index (χ1) is 12.5. The van der Waals surface area contributed by atoms with Crippen LogP contribution in [0.3, 0.4) is 0 Å². The summed E-state index contributed by atoms with van der Waals surface area (Å²) in [5.74, 6) is 1.86. The van der Waals surface area contributed by atoms with Gasteiger partial charge in [-0.05, 0) is 57.8 Å². The Kier molecular flexibility index (Phi) is 12.1. The van der Waals surface area contributed by atoms with Crippen molar-refractivity contribution in [2.45, 2.75) is 131 Å². The summed E-state index contributed by atoms with van der Waals surface area (Å²) in [4.78, 5) is 5.69. The van der Waals surface area contributed by atoms with Gasteiger partial charge in [0.15, 0.2) is 0 Å². The van der Waals surface area contributed by atoms with E-state index in [2.05, 4.69) is 58.3 Å². The van der Waals surface area contributed by atoms with Crippen LogP contribution in [0.25, 0.3) is 0 Å². The third-order valence-corrected chi connectivity index (χ3v) is 7.36. The van der Waals surface area contributed by atoms with E-state index in [4.69, 9.17) is 0 Å². The Balaban J connectivity index is 2.61. The van der Waals surface area contributed by atoms with Gasteiger partial charge in [-0.15, -0.1) is 0 Å². The second-order valence-electron chi connectivity index (χ2n) is 8.96. The van der Waals surface area contributed by atoms with E-state index in [0.717, 1.165) is 23.9 Å². The molecule has 1 saturated heterocycles. The molecule has 0 N–H and O–H groups in total. The minimum absolute atomic E-state index is 0.688. The molecule has 1 aliphatic heterocycles. The number of hydrogen-bond acceptors (Lipinski definition) is 2. The lowest BCUT2D eigenvalue weighted by atomic mass is 9.94. The normalized spacial score (nSPS) is 21.8. The van der Waals surface area contributed by atoms with Gasteiger partial charge in [0.1, 0.15) is 0 Å². The standard InChI is InChI=1S/C24H50N2/c1-8-13-24-25(20(6)14-16-22(9-2)10-3)18-19-26(24)21(7)15-17-23(11-4)12-5/h20-24H,8-19H2,1-7H3. The molecular formula is C24H50N2. The van der Waals surface area contributed by atoms with Gasteiger partial charge in [0.2, 0.25) is 0 Å². The molecule has 156 valence electrons. The third-order valence-electron chi connectivity index (χ3n) is 7.36. The first-order valence-corrected chi connectivity index (χ1v) is 12.0. The Bertz CT molecular complexity index is 305. The lowest BCUT2D eigenvalue weighted by Gasteiger charge is -2.37. The topological polar surface area (TPSA) is 6.48 Å². The summed E-state index contributed by atoms with van der Waals surface area (Å²) in [6.45, 7) is 19.3. The monoisotopic (exact) mass is 366 g/mol. The molecule has 1 fully saturated rings. The Hall–Kier alpha value is -0.0800. The zero-order chi connectivity index (χ0) is 19.5. The van der Waals surface area contributed by atoms with Crippen LogP contribution >= 0.6 is 0 Å². The van der Waals surface area contributed by atoms with E-state index in [0.29, 0.717) is 6.17 Å². The van der Waals surface area contributed by atoms with E-state index >= 15 is 0 Å². The van der Waals surface area contributed by atoms with Gasteiger partial charge in [-0.25, -0.2) is 0 Å². The van der Waals surface area contributed by atoms with Crippen molar-refractivity contribution < 1.29 is 0 Å². The molecule has 0 radical (unpaired) electrons. The molecule has 0 spiro atoms. The van der Waals surface area contributed by atoms with Crippen LogP contribution in [0.2, 0.25) is 0 Å². The lowest BCUT2D eigenvalue weighted by molar-refractivity contribution is 0.0622. The summed E-state index contributed by atoms with van der Waals surface area (Å²) in [5, 5.41) is 0. The average molecular weight is 367 g/mol. The predicted octanol–water partition coefficient (Wildman–Crippen LogP) is 6.94. The van der Waals surface area contributed by atoms with Gasteiger partial charge in [-0.1, -0.05) is 66.7 Å². The number of nitrogens with zero attached hydrogens (tertiary/aromatic N) is 2. The highest BCUT2D eigenvalue weighted by molar-refractivity contribution is 4.88. The molecule has 2 atom stereocenters. The summed E-state index contributed by atoms with van der Waals surface area (Å²) in [5.41, 5.74) is 0. The molecule has 1 heterocycles. The van der Waals surface area contributed by atoms with Crippen molar-refractivity contribution in [3.05, 3.63) is 0 Å². The maximum absolute atomic E-state index is 2.85. The van der Waals surface area contributed by atoms with Gasteiger partial charge in [0.05, 0.1) is 6.17 Å². The van der Waals surface area contributed by atoms with Crippen LogP contribution in [-0.2, 0) is 0 Å². The van der Waals surface area contributed by atoms with Gasteiger partial charge in [0.25, 0.3) is 0 Å². The van der Waals surface area contributed by atoms with Crippen molar-refractivity contribution in [1.82, 2.24) is 9.80 Å². The summed E-state index contributed by atoms with van der Waals surface area (Å²) in [6, 6.07) is 1.48. The first kappa shape index (κ1) is 24.0. The van der Waals surface area contributed by atoms with Crippen LogP contribution in [0.4, 0.5) is 0 Å². The quantitative estimate of drug-likeness (QED) is 0.328. The Labute approximate surface area is 166 Å². The van der Waals surface area contributed by atoms with Crippen LogP contribution in [0.1, 0.15) is 113 Å². The van der Waals surface area contributed by atoms with Crippen molar-refractivity contribution in [1.29, 1.82) is 0 Å². The smallest absolute Gasteiger partial charge is 0.0627 e. The molecule has 0 aliphatic carbocycles. The summed E-state index contributed by atoms with van der Waals surface area (Å²) in [6.07, 6.45) is 14.3. The minimum atomic E-state index is 0.688. The van der Waals surface area contributed by atoms with Crippen molar-refractivity contribution in [2.24, 2.45) is 11.8 Å². The lowest BCUT2D eigenvalue weighted by Crippen LogP contribution is -2.46. The molecule has 0 amide bonds. The molecule has 1 aliphatic rings. The molecule has 2 unspecified atom stereocenters. The second kappa shape index (κ2) is 13.2. The zero-order valence-corrected chi connectivity index (χ0v) is 19.3. The highest BCUT2D eigenvalue weighted by Gasteiger charge is 2.36. The Morgan fingerprint density at radius 1 is 0.654 bits per heavy atom. The highest BCUT2D eigenvalue weighted by atomic mass is 15.4. The van der Waals surface area contributed by atoms with E-state index in [-0.39, 0.29) is 0 Å². The molecule has 0 aromatic carbocycles. The molecule has 0 aromatic rings. The van der Waals surface area contributed by atoms with Gasteiger partial charge in [-0.2, -0.15) is 0 Å². The second-order valence-corrected chi connectivity index (χ2v) is 8.96. The summed E-state index contributed by atoms with van der Waals surface area (Å²) >= 11 is 0. The Morgan fingerprint density at radius 3 is 1.35 bits per heavy atom. The third kappa shape index (κ3) is 7.15. The Morgan fingerprint density at radius 2 is 1.04 bits per heavy atom. The molecule has 1 rings (SSSR count). The van der Waals surface area contributed by atoms with Crippen molar-refractivity contribution in [2.75, 3.05) is 13.1 Å². The maximum Gasteiger partial charge on any atom is 0.0627 e.